The molecule has 0 atom stereocenters. The lowest BCUT2D eigenvalue weighted by Gasteiger charge is -2.09. The van der Waals surface area contributed by atoms with Crippen molar-refractivity contribution in [2.24, 2.45) is 0 Å². The Morgan fingerprint density at radius 1 is 1.10 bits per heavy atom. The fraction of sp³-hybridized carbons (Fsp3) is 0.0714. The molecule has 0 aliphatic carbocycles. The summed E-state index contributed by atoms with van der Waals surface area (Å²) in [6, 6.07) is 10.7. The number of nitrogen functional groups attached to an aromatic ring is 1. The van der Waals surface area contributed by atoms with E-state index in [0.29, 0.717) is 27.1 Å². The molecule has 0 amide bonds. The molecule has 0 fully saturated rings. The topological polar surface area (TPSA) is 69.6 Å². The molecule has 0 radical (unpaired) electrons. The maximum absolute atomic E-state index is 6.24. The summed E-state index contributed by atoms with van der Waals surface area (Å²) in [7, 11) is 0. The number of nitrogens with zero attached hydrogens (tertiary/aromatic N) is 4. The molecule has 7 heteroatoms. The number of aromatic nitrogens is 4. The Balaban J connectivity index is 2.17. The number of hydrogen-bond donors (Lipinski definition) is 1. The van der Waals surface area contributed by atoms with Gasteiger partial charge in [-0.05, 0) is 59.3 Å². The maximum Gasteiger partial charge on any atom is 0.188 e. The van der Waals surface area contributed by atoms with Crippen LogP contribution in [-0.2, 0) is 0 Å². The molecule has 1 heterocycles. The fourth-order valence-electron chi connectivity index (χ4n) is 2.09. The van der Waals surface area contributed by atoms with Gasteiger partial charge in [-0.25, -0.2) is 0 Å². The average Bonchev–Trinajstić information content (AvgIpc) is 2.87. The van der Waals surface area contributed by atoms with Crippen LogP contribution in [0.15, 0.2) is 36.4 Å². The van der Waals surface area contributed by atoms with Crippen molar-refractivity contribution in [2.75, 3.05) is 5.73 Å². The summed E-state index contributed by atoms with van der Waals surface area (Å²) in [6.07, 6.45) is 0. The number of halogens is 2. The third kappa shape index (κ3) is 2.57. The molecule has 3 rings (SSSR count). The summed E-state index contributed by atoms with van der Waals surface area (Å²) >= 11 is 12.2. The average molecular weight is 320 g/mol. The Kier molecular flexibility index (Phi) is 3.53. The number of aryl methyl sites for hydroxylation is 1. The smallest absolute Gasteiger partial charge is 0.188 e. The van der Waals surface area contributed by atoms with Crippen LogP contribution >= 0.6 is 23.2 Å². The minimum absolute atomic E-state index is 0.498. The lowest BCUT2D eigenvalue weighted by atomic mass is 10.1. The van der Waals surface area contributed by atoms with Crippen LogP contribution in [0.25, 0.3) is 17.1 Å². The van der Waals surface area contributed by atoms with Gasteiger partial charge in [-0.1, -0.05) is 23.2 Å². The van der Waals surface area contributed by atoms with Crippen molar-refractivity contribution in [2.45, 2.75) is 6.92 Å². The number of anilines is 1. The minimum Gasteiger partial charge on any atom is -0.399 e. The first-order chi connectivity index (χ1) is 10.1. The highest BCUT2D eigenvalue weighted by molar-refractivity contribution is 6.33. The molecule has 0 saturated carbocycles. The van der Waals surface area contributed by atoms with Crippen molar-refractivity contribution in [1.29, 1.82) is 0 Å². The van der Waals surface area contributed by atoms with Crippen LogP contribution in [0.4, 0.5) is 5.69 Å². The molecular weight excluding hydrogens is 309 g/mol. The third-order valence-electron chi connectivity index (χ3n) is 3.09. The molecular formula is C14H11Cl2N5. The molecule has 0 aliphatic rings. The predicted molar refractivity (Wildman–Crippen MR) is 83.8 cm³/mol. The number of tetrazole rings is 1. The molecule has 0 spiro atoms. The third-order valence-corrected chi connectivity index (χ3v) is 3.64. The summed E-state index contributed by atoms with van der Waals surface area (Å²) in [4.78, 5) is 0. The highest BCUT2D eigenvalue weighted by Gasteiger charge is 2.15. The molecule has 5 nitrogen and oxygen atoms in total. The number of rotatable bonds is 2. The van der Waals surface area contributed by atoms with Gasteiger partial charge in [0.2, 0.25) is 0 Å². The Morgan fingerprint density at radius 3 is 2.62 bits per heavy atom. The molecule has 21 heavy (non-hydrogen) atoms. The van der Waals surface area contributed by atoms with Gasteiger partial charge >= 0.3 is 0 Å². The number of benzene rings is 2. The molecule has 0 saturated heterocycles. The van der Waals surface area contributed by atoms with E-state index in [0.717, 1.165) is 11.3 Å². The molecule has 1 aromatic heterocycles. The highest BCUT2D eigenvalue weighted by atomic mass is 35.5. The minimum atomic E-state index is 0.498. The van der Waals surface area contributed by atoms with Gasteiger partial charge in [0.25, 0.3) is 0 Å². The van der Waals surface area contributed by atoms with Crippen molar-refractivity contribution in [3.8, 4) is 17.1 Å². The van der Waals surface area contributed by atoms with E-state index >= 15 is 0 Å². The largest absolute Gasteiger partial charge is 0.399 e. The van der Waals surface area contributed by atoms with Gasteiger partial charge in [0.15, 0.2) is 5.82 Å². The van der Waals surface area contributed by atoms with Gasteiger partial charge in [-0.2, -0.15) is 4.68 Å². The Morgan fingerprint density at radius 2 is 1.90 bits per heavy atom. The van der Waals surface area contributed by atoms with Crippen molar-refractivity contribution >= 4 is 28.9 Å². The quantitative estimate of drug-likeness (QED) is 0.733. The van der Waals surface area contributed by atoms with Crippen LogP contribution in [0.5, 0.6) is 0 Å². The van der Waals surface area contributed by atoms with Gasteiger partial charge in [0.05, 0.1) is 10.7 Å². The second-order valence-electron chi connectivity index (χ2n) is 4.58. The zero-order chi connectivity index (χ0) is 15.0. The van der Waals surface area contributed by atoms with Crippen molar-refractivity contribution in [3.63, 3.8) is 0 Å². The van der Waals surface area contributed by atoms with Gasteiger partial charge in [-0.3, -0.25) is 0 Å². The van der Waals surface area contributed by atoms with E-state index in [1.54, 1.807) is 28.9 Å². The normalized spacial score (nSPS) is 10.8. The molecule has 2 aromatic carbocycles. The molecule has 0 bridgehead atoms. The zero-order valence-electron chi connectivity index (χ0n) is 11.1. The van der Waals surface area contributed by atoms with Gasteiger partial charge in [0, 0.05) is 16.3 Å². The highest BCUT2D eigenvalue weighted by Crippen LogP contribution is 2.30. The van der Waals surface area contributed by atoms with Crippen molar-refractivity contribution < 1.29 is 0 Å². The molecule has 106 valence electrons. The second kappa shape index (κ2) is 5.35. The molecule has 0 unspecified atom stereocenters. The Hall–Kier alpha value is -2.11. The van der Waals surface area contributed by atoms with Gasteiger partial charge < -0.3 is 5.73 Å². The maximum atomic E-state index is 6.24. The zero-order valence-corrected chi connectivity index (χ0v) is 12.6. The van der Waals surface area contributed by atoms with E-state index in [1.807, 2.05) is 19.1 Å². The van der Waals surface area contributed by atoms with Crippen LogP contribution in [0, 0.1) is 6.92 Å². The van der Waals surface area contributed by atoms with Crippen LogP contribution in [-0.4, -0.2) is 20.2 Å². The standard InChI is InChI=1S/C14H11Cl2N5/c1-8-6-9(15)2-5-13(8)21-14(18-19-20-21)11-4-3-10(17)7-12(11)16/h2-7H,17H2,1H3. The summed E-state index contributed by atoms with van der Waals surface area (Å²) in [6.45, 7) is 1.94. The van der Waals surface area contributed by atoms with Gasteiger partial charge in [0.1, 0.15) is 0 Å². The number of hydrogen-bond acceptors (Lipinski definition) is 4. The van der Waals surface area contributed by atoms with E-state index in [-0.39, 0.29) is 0 Å². The first-order valence-corrected chi connectivity index (χ1v) is 6.92. The summed E-state index contributed by atoms with van der Waals surface area (Å²) in [5, 5.41) is 13.0. The Bertz CT molecular complexity index is 747. The van der Waals surface area contributed by atoms with E-state index in [9.17, 15) is 0 Å². The SMILES string of the molecule is Cc1cc(Cl)ccc1-n1nnnc1-c1ccc(N)cc1Cl. The van der Waals surface area contributed by atoms with Gasteiger partial charge in [-0.15, -0.1) is 5.10 Å². The van der Waals surface area contributed by atoms with Crippen LogP contribution in [0.3, 0.4) is 0 Å². The molecule has 0 aliphatic heterocycles. The number of nitrogens with two attached hydrogens (primary N) is 1. The monoisotopic (exact) mass is 319 g/mol. The lowest BCUT2D eigenvalue weighted by molar-refractivity contribution is 0.787. The fourth-order valence-corrected chi connectivity index (χ4v) is 2.59. The predicted octanol–water partition coefficient (Wildman–Crippen LogP) is 3.53. The van der Waals surface area contributed by atoms with Crippen LogP contribution in [0.2, 0.25) is 10.0 Å². The van der Waals surface area contributed by atoms with E-state index < -0.39 is 0 Å². The summed E-state index contributed by atoms with van der Waals surface area (Å²) in [5.74, 6) is 0.547. The Labute approximate surface area is 131 Å². The van der Waals surface area contributed by atoms with Crippen LogP contribution in [0.1, 0.15) is 5.56 Å². The second-order valence-corrected chi connectivity index (χ2v) is 5.43. The lowest BCUT2D eigenvalue weighted by Crippen LogP contribution is -2.02. The van der Waals surface area contributed by atoms with Crippen molar-refractivity contribution in [1.82, 2.24) is 20.2 Å². The summed E-state index contributed by atoms with van der Waals surface area (Å²) in [5.41, 5.74) is 8.82. The van der Waals surface area contributed by atoms with Crippen LogP contribution < -0.4 is 5.73 Å². The van der Waals surface area contributed by atoms with E-state index in [4.69, 9.17) is 28.9 Å². The van der Waals surface area contributed by atoms with Crippen molar-refractivity contribution in [3.05, 3.63) is 52.0 Å². The summed E-state index contributed by atoms with van der Waals surface area (Å²) < 4.78 is 1.63. The first kappa shape index (κ1) is 13.9. The molecule has 2 N–H and O–H groups in total. The van der Waals surface area contributed by atoms with E-state index in [1.165, 1.54) is 0 Å². The molecule has 3 aromatic rings. The first-order valence-electron chi connectivity index (χ1n) is 6.16. The van der Waals surface area contributed by atoms with E-state index in [2.05, 4.69) is 15.5 Å².